The van der Waals surface area contributed by atoms with Crippen molar-refractivity contribution < 1.29 is 9.53 Å². The summed E-state index contributed by atoms with van der Waals surface area (Å²) in [6.45, 7) is 9.43. The highest BCUT2D eigenvalue weighted by molar-refractivity contribution is 7.99. The molecule has 0 saturated heterocycles. The number of aromatic nitrogens is 3. The number of hydrogen-bond acceptors (Lipinski definition) is 7. The molecule has 0 spiro atoms. The summed E-state index contributed by atoms with van der Waals surface area (Å²) in [5.41, 5.74) is 3.04. The zero-order valence-electron chi connectivity index (χ0n) is 23.3. The van der Waals surface area contributed by atoms with Gasteiger partial charge in [-0.25, -0.2) is 0 Å². The fourth-order valence-corrected chi connectivity index (χ4v) is 7.17. The first-order valence-electron chi connectivity index (χ1n) is 13.4. The maximum atomic E-state index is 12.8. The largest absolute Gasteiger partial charge is 0.493 e. The summed E-state index contributed by atoms with van der Waals surface area (Å²) in [6, 6.07) is 7.94. The Balaban J connectivity index is 1.29. The maximum absolute atomic E-state index is 12.8. The van der Waals surface area contributed by atoms with E-state index in [1.807, 2.05) is 36.7 Å². The Bertz CT molecular complexity index is 1370. The second kappa shape index (κ2) is 12.8. The molecule has 0 radical (unpaired) electrons. The van der Waals surface area contributed by atoms with Gasteiger partial charge in [-0.1, -0.05) is 50.6 Å². The van der Waals surface area contributed by atoms with Gasteiger partial charge in [-0.2, -0.15) is 5.26 Å². The van der Waals surface area contributed by atoms with Crippen LogP contribution in [0.3, 0.4) is 0 Å². The molecule has 1 aromatic carbocycles. The number of amides is 1. The van der Waals surface area contributed by atoms with E-state index in [2.05, 4.69) is 42.4 Å². The minimum absolute atomic E-state index is 0.142. The summed E-state index contributed by atoms with van der Waals surface area (Å²) >= 11 is 8.92. The lowest BCUT2D eigenvalue weighted by Gasteiger charge is -2.36. The third-order valence-corrected chi connectivity index (χ3v) is 10.3. The molecule has 208 valence electrons. The van der Waals surface area contributed by atoms with Crippen LogP contribution >= 0.6 is 34.7 Å². The number of hydrogen-bond donors (Lipinski definition) is 1. The number of nitriles is 1. The number of ether oxygens (including phenoxy) is 1. The molecule has 3 aromatic rings. The van der Waals surface area contributed by atoms with E-state index in [9.17, 15) is 10.1 Å². The van der Waals surface area contributed by atoms with Gasteiger partial charge in [0.2, 0.25) is 5.91 Å². The average molecular weight is 586 g/mol. The van der Waals surface area contributed by atoms with Gasteiger partial charge in [0.15, 0.2) is 5.16 Å². The van der Waals surface area contributed by atoms with E-state index >= 15 is 0 Å². The molecule has 2 aromatic heterocycles. The van der Waals surface area contributed by atoms with Crippen LogP contribution in [0.25, 0.3) is 0 Å². The van der Waals surface area contributed by atoms with Crippen LogP contribution in [0.15, 0.2) is 23.4 Å². The van der Waals surface area contributed by atoms with Crippen molar-refractivity contribution in [2.75, 3.05) is 17.7 Å². The number of fused-ring (bicyclic) bond motifs is 1. The number of nitrogens with zero attached hydrogens (tertiary/aromatic N) is 4. The van der Waals surface area contributed by atoms with Crippen molar-refractivity contribution >= 4 is 45.6 Å². The van der Waals surface area contributed by atoms with Crippen molar-refractivity contribution in [3.05, 3.63) is 50.6 Å². The topological polar surface area (TPSA) is 92.8 Å². The van der Waals surface area contributed by atoms with Gasteiger partial charge in [-0.15, -0.1) is 21.5 Å². The number of nitrogens with one attached hydrogen (secondary N) is 1. The van der Waals surface area contributed by atoms with E-state index in [1.54, 1.807) is 11.3 Å². The molecule has 0 bridgehead atoms. The van der Waals surface area contributed by atoms with Gasteiger partial charge in [0.05, 0.1) is 17.9 Å². The fraction of sp³-hybridized carbons (Fsp3) is 0.517. The molecule has 1 atom stereocenters. The third kappa shape index (κ3) is 6.97. The van der Waals surface area contributed by atoms with Crippen LogP contribution in [0.4, 0.5) is 5.00 Å². The second-order valence-electron chi connectivity index (χ2n) is 10.8. The molecular weight excluding hydrogens is 550 g/mol. The zero-order chi connectivity index (χ0) is 28.2. The van der Waals surface area contributed by atoms with Crippen molar-refractivity contribution in [2.24, 2.45) is 18.4 Å². The molecule has 10 heteroatoms. The second-order valence-corrected chi connectivity index (χ2v) is 13.2. The molecule has 1 aliphatic carbocycles. The van der Waals surface area contributed by atoms with Gasteiger partial charge >= 0.3 is 0 Å². The molecule has 39 heavy (non-hydrogen) atoms. The minimum Gasteiger partial charge on any atom is -0.493 e. The number of anilines is 1. The molecule has 1 N–H and O–H groups in total. The molecule has 0 saturated carbocycles. The summed E-state index contributed by atoms with van der Waals surface area (Å²) in [6.07, 6.45) is 5.60. The summed E-state index contributed by atoms with van der Waals surface area (Å²) < 4.78 is 7.80. The molecule has 4 rings (SSSR count). The Morgan fingerprint density at radius 2 is 2.18 bits per heavy atom. The maximum Gasteiger partial charge on any atom is 0.235 e. The van der Waals surface area contributed by atoms with E-state index < -0.39 is 0 Å². The van der Waals surface area contributed by atoms with Crippen molar-refractivity contribution in [1.82, 2.24) is 14.8 Å². The molecule has 7 nitrogen and oxygen atoms in total. The van der Waals surface area contributed by atoms with Crippen LogP contribution in [0.5, 0.6) is 5.75 Å². The highest BCUT2D eigenvalue weighted by Crippen LogP contribution is 2.45. The van der Waals surface area contributed by atoms with Crippen molar-refractivity contribution in [1.29, 1.82) is 5.26 Å². The van der Waals surface area contributed by atoms with E-state index in [1.165, 1.54) is 16.6 Å². The standard InChI is InChI=1S/C29H36ClN5O2S2/c1-6-29(3,4)19-9-11-21-22(16-31)27(39-24(21)15-19)32-26(36)17-38-28-34-33-25(35(28)5)8-7-13-37-23-12-10-20(30)14-18(23)2/h10,12,14,19H,6-9,11,13,15,17H2,1-5H3,(H,32,36). The third-order valence-electron chi connectivity index (χ3n) is 7.84. The van der Waals surface area contributed by atoms with Crippen LogP contribution in [0.2, 0.25) is 5.02 Å². The summed E-state index contributed by atoms with van der Waals surface area (Å²) in [5, 5.41) is 23.5. The van der Waals surface area contributed by atoms with Gasteiger partial charge < -0.3 is 14.6 Å². The highest BCUT2D eigenvalue weighted by atomic mass is 35.5. The predicted molar refractivity (Wildman–Crippen MR) is 159 cm³/mol. The van der Waals surface area contributed by atoms with E-state index in [0.29, 0.717) is 39.7 Å². The van der Waals surface area contributed by atoms with E-state index in [-0.39, 0.29) is 17.1 Å². The highest BCUT2D eigenvalue weighted by Gasteiger charge is 2.34. The molecular formula is C29H36ClN5O2S2. The lowest BCUT2D eigenvalue weighted by molar-refractivity contribution is -0.113. The van der Waals surface area contributed by atoms with E-state index in [4.69, 9.17) is 16.3 Å². The zero-order valence-corrected chi connectivity index (χ0v) is 25.7. The smallest absolute Gasteiger partial charge is 0.235 e. The summed E-state index contributed by atoms with van der Waals surface area (Å²) in [5.74, 6) is 2.32. The van der Waals surface area contributed by atoms with Crippen LogP contribution in [0, 0.1) is 29.6 Å². The molecule has 0 fully saturated rings. The van der Waals surface area contributed by atoms with Gasteiger partial charge in [0, 0.05) is 23.4 Å². The quantitative estimate of drug-likeness (QED) is 0.192. The minimum atomic E-state index is -0.142. The van der Waals surface area contributed by atoms with Crippen molar-refractivity contribution in [2.45, 2.75) is 71.4 Å². The first-order valence-corrected chi connectivity index (χ1v) is 15.6. The number of rotatable bonds is 11. The number of benzene rings is 1. The average Bonchev–Trinajstić information content (AvgIpc) is 3.44. The fourth-order valence-electron chi connectivity index (χ4n) is 4.92. The first-order chi connectivity index (χ1) is 18.6. The molecule has 0 aliphatic heterocycles. The van der Waals surface area contributed by atoms with Crippen molar-refractivity contribution in [3.63, 3.8) is 0 Å². The SMILES string of the molecule is CCC(C)(C)C1CCc2c(sc(NC(=O)CSc3nnc(CCCOc4ccc(Cl)cc4C)n3C)c2C#N)C1. The lowest BCUT2D eigenvalue weighted by Crippen LogP contribution is -2.28. The lowest BCUT2D eigenvalue weighted by atomic mass is 9.69. The normalized spacial score (nSPS) is 15.1. The number of aryl methyl sites for hydroxylation is 2. The Morgan fingerprint density at radius 1 is 1.38 bits per heavy atom. The Hall–Kier alpha value is -2.54. The van der Waals surface area contributed by atoms with Gasteiger partial charge in [0.1, 0.15) is 22.6 Å². The number of carbonyl (C=O) groups is 1. The number of thioether (sulfide) groups is 1. The molecule has 1 aliphatic rings. The van der Waals surface area contributed by atoms with Gasteiger partial charge in [-0.3, -0.25) is 4.79 Å². The van der Waals surface area contributed by atoms with Crippen LogP contribution < -0.4 is 10.1 Å². The Kier molecular flexibility index (Phi) is 9.63. The number of carbonyl (C=O) groups excluding carboxylic acids is 1. The molecule has 1 unspecified atom stereocenters. The van der Waals surface area contributed by atoms with E-state index in [0.717, 1.165) is 54.8 Å². The van der Waals surface area contributed by atoms with Crippen LogP contribution in [-0.4, -0.2) is 33.0 Å². The summed E-state index contributed by atoms with van der Waals surface area (Å²) in [4.78, 5) is 14.1. The van der Waals surface area contributed by atoms with Gasteiger partial charge in [0.25, 0.3) is 0 Å². The van der Waals surface area contributed by atoms with Crippen LogP contribution in [0.1, 0.15) is 67.4 Å². The predicted octanol–water partition coefficient (Wildman–Crippen LogP) is 6.99. The van der Waals surface area contributed by atoms with Gasteiger partial charge in [-0.05, 0) is 73.3 Å². The Morgan fingerprint density at radius 3 is 2.90 bits per heavy atom. The monoisotopic (exact) mass is 585 g/mol. The first kappa shape index (κ1) is 29.4. The van der Waals surface area contributed by atoms with Crippen molar-refractivity contribution in [3.8, 4) is 11.8 Å². The number of halogens is 1. The summed E-state index contributed by atoms with van der Waals surface area (Å²) in [7, 11) is 1.91. The molecule has 2 heterocycles. The number of thiophene rings is 1. The van der Waals surface area contributed by atoms with Crippen LogP contribution in [-0.2, 0) is 31.1 Å². The molecule has 1 amide bonds. The Labute approximate surface area is 244 Å².